The molecule has 0 aliphatic carbocycles. The van der Waals surface area contributed by atoms with Crippen LogP contribution in [0.3, 0.4) is 0 Å². The number of benzene rings is 2. The Morgan fingerprint density at radius 1 is 0.913 bits per heavy atom. The lowest BCUT2D eigenvalue weighted by atomic mass is 10.1. The molecule has 2 amide bonds. The molecule has 23 heavy (non-hydrogen) atoms. The molecule has 5 nitrogen and oxygen atoms in total. The molecule has 6 heteroatoms. The molecular formula is C17H15ClN2O3. The molecule has 0 atom stereocenters. The lowest BCUT2D eigenvalue weighted by Gasteiger charge is -2.10. The number of hydrogen-bond donors (Lipinski definition) is 2. The topological polar surface area (TPSA) is 75.3 Å². The third kappa shape index (κ3) is 4.17. The van der Waals surface area contributed by atoms with Gasteiger partial charge in [-0.3, -0.25) is 14.4 Å². The Kier molecular flexibility index (Phi) is 5.13. The third-order valence-electron chi connectivity index (χ3n) is 3.27. The molecule has 0 radical (unpaired) electrons. The second kappa shape index (κ2) is 7.07. The van der Waals surface area contributed by atoms with Gasteiger partial charge >= 0.3 is 11.8 Å². The highest BCUT2D eigenvalue weighted by Crippen LogP contribution is 2.22. The zero-order chi connectivity index (χ0) is 17.0. The van der Waals surface area contributed by atoms with Crippen LogP contribution in [0.25, 0.3) is 0 Å². The van der Waals surface area contributed by atoms with E-state index in [-0.39, 0.29) is 5.78 Å². The molecule has 2 rings (SSSR count). The SMILES string of the molecule is CC(=O)c1ccc(NC(=O)C(=O)Nc2cccc(Cl)c2C)cc1. The van der Waals surface area contributed by atoms with Gasteiger partial charge in [0.05, 0.1) is 0 Å². The van der Waals surface area contributed by atoms with Crippen molar-refractivity contribution in [3.05, 3.63) is 58.6 Å². The smallest absolute Gasteiger partial charge is 0.314 e. The molecule has 0 heterocycles. The van der Waals surface area contributed by atoms with Gasteiger partial charge < -0.3 is 10.6 Å². The largest absolute Gasteiger partial charge is 0.318 e. The van der Waals surface area contributed by atoms with Crippen molar-refractivity contribution in [2.24, 2.45) is 0 Å². The molecule has 0 aromatic heterocycles. The van der Waals surface area contributed by atoms with Crippen LogP contribution < -0.4 is 10.6 Å². The number of Topliss-reactive ketones (excluding diaryl/α,β-unsaturated/α-hetero) is 1. The van der Waals surface area contributed by atoms with E-state index in [0.717, 1.165) is 0 Å². The van der Waals surface area contributed by atoms with Crippen molar-refractivity contribution in [1.29, 1.82) is 0 Å². The minimum Gasteiger partial charge on any atom is -0.318 e. The Bertz CT molecular complexity index is 770. The van der Waals surface area contributed by atoms with E-state index in [1.807, 2.05) is 0 Å². The van der Waals surface area contributed by atoms with E-state index in [4.69, 9.17) is 11.6 Å². The summed E-state index contributed by atoms with van der Waals surface area (Å²) >= 11 is 5.97. The molecule has 0 saturated carbocycles. The van der Waals surface area contributed by atoms with Crippen molar-refractivity contribution in [2.75, 3.05) is 10.6 Å². The van der Waals surface area contributed by atoms with E-state index in [9.17, 15) is 14.4 Å². The second-order valence-electron chi connectivity index (χ2n) is 4.95. The number of hydrogen-bond acceptors (Lipinski definition) is 3. The number of halogens is 1. The lowest BCUT2D eigenvalue weighted by Crippen LogP contribution is -2.29. The minimum absolute atomic E-state index is 0.0722. The maximum atomic E-state index is 11.9. The van der Waals surface area contributed by atoms with Gasteiger partial charge in [-0.1, -0.05) is 17.7 Å². The number of anilines is 2. The molecule has 0 aliphatic rings. The average Bonchev–Trinajstić information content (AvgIpc) is 2.52. The minimum atomic E-state index is -0.806. The van der Waals surface area contributed by atoms with E-state index in [1.165, 1.54) is 6.92 Å². The molecule has 2 N–H and O–H groups in total. The summed E-state index contributed by atoms with van der Waals surface area (Å²) in [5, 5.41) is 5.48. The van der Waals surface area contributed by atoms with Crippen molar-refractivity contribution < 1.29 is 14.4 Å². The molecule has 2 aromatic rings. The van der Waals surface area contributed by atoms with Crippen molar-refractivity contribution >= 4 is 40.6 Å². The molecule has 2 aromatic carbocycles. The monoisotopic (exact) mass is 330 g/mol. The Morgan fingerprint density at radius 2 is 1.52 bits per heavy atom. The van der Waals surface area contributed by atoms with Crippen LogP contribution in [-0.2, 0) is 9.59 Å². The predicted octanol–water partition coefficient (Wildman–Crippen LogP) is 3.43. The highest BCUT2D eigenvalue weighted by atomic mass is 35.5. The van der Waals surface area contributed by atoms with Gasteiger partial charge in [-0.15, -0.1) is 0 Å². The van der Waals surface area contributed by atoms with Gasteiger partial charge in [0.15, 0.2) is 5.78 Å². The van der Waals surface area contributed by atoms with E-state index in [1.54, 1.807) is 49.4 Å². The van der Waals surface area contributed by atoms with Gasteiger partial charge in [0.2, 0.25) is 0 Å². The highest BCUT2D eigenvalue weighted by Gasteiger charge is 2.15. The van der Waals surface area contributed by atoms with Crippen molar-refractivity contribution in [3.63, 3.8) is 0 Å². The Labute approximate surface area is 138 Å². The normalized spacial score (nSPS) is 10.0. The van der Waals surface area contributed by atoms with E-state index < -0.39 is 11.8 Å². The van der Waals surface area contributed by atoms with E-state index in [0.29, 0.717) is 27.5 Å². The Balaban J connectivity index is 2.04. The fourth-order valence-electron chi connectivity index (χ4n) is 1.90. The predicted molar refractivity (Wildman–Crippen MR) is 89.9 cm³/mol. The van der Waals surface area contributed by atoms with Crippen LogP contribution in [0, 0.1) is 6.92 Å². The summed E-state index contributed by atoms with van der Waals surface area (Å²) in [7, 11) is 0. The molecule has 118 valence electrons. The first-order chi connectivity index (χ1) is 10.9. The van der Waals surface area contributed by atoms with Gasteiger partial charge in [0, 0.05) is 22.0 Å². The number of rotatable bonds is 3. The van der Waals surface area contributed by atoms with Crippen LogP contribution in [0.2, 0.25) is 5.02 Å². The van der Waals surface area contributed by atoms with Gasteiger partial charge in [-0.05, 0) is 55.8 Å². The molecule has 0 fully saturated rings. The van der Waals surface area contributed by atoms with Crippen LogP contribution in [0.4, 0.5) is 11.4 Å². The van der Waals surface area contributed by atoms with E-state index >= 15 is 0 Å². The maximum absolute atomic E-state index is 11.9. The summed E-state index contributed by atoms with van der Waals surface area (Å²) in [4.78, 5) is 35.0. The summed E-state index contributed by atoms with van der Waals surface area (Å²) in [6, 6.07) is 11.3. The van der Waals surface area contributed by atoms with E-state index in [2.05, 4.69) is 10.6 Å². The zero-order valence-corrected chi connectivity index (χ0v) is 13.4. The number of amides is 2. The Morgan fingerprint density at radius 3 is 2.13 bits per heavy atom. The molecule has 0 bridgehead atoms. The first kappa shape index (κ1) is 16.7. The first-order valence-electron chi connectivity index (χ1n) is 6.87. The molecule has 0 aliphatic heterocycles. The van der Waals surface area contributed by atoms with Gasteiger partial charge in [0.1, 0.15) is 0 Å². The summed E-state index contributed by atoms with van der Waals surface area (Å²) in [5.41, 5.74) is 2.12. The fraction of sp³-hybridized carbons (Fsp3) is 0.118. The summed E-state index contributed by atoms with van der Waals surface area (Å²) in [6.07, 6.45) is 0. The average molecular weight is 331 g/mol. The van der Waals surface area contributed by atoms with Crippen LogP contribution in [-0.4, -0.2) is 17.6 Å². The summed E-state index contributed by atoms with van der Waals surface area (Å²) in [6.45, 7) is 3.20. The first-order valence-corrected chi connectivity index (χ1v) is 7.24. The van der Waals surface area contributed by atoms with Crippen LogP contribution in [0.5, 0.6) is 0 Å². The van der Waals surface area contributed by atoms with Gasteiger partial charge in [0.25, 0.3) is 0 Å². The van der Waals surface area contributed by atoms with Crippen molar-refractivity contribution in [2.45, 2.75) is 13.8 Å². The Hall–Kier alpha value is -2.66. The van der Waals surface area contributed by atoms with Gasteiger partial charge in [-0.2, -0.15) is 0 Å². The van der Waals surface area contributed by atoms with Crippen LogP contribution >= 0.6 is 11.6 Å². The highest BCUT2D eigenvalue weighted by molar-refractivity contribution is 6.44. The third-order valence-corrected chi connectivity index (χ3v) is 3.68. The van der Waals surface area contributed by atoms with Crippen molar-refractivity contribution in [3.8, 4) is 0 Å². The molecule has 0 unspecified atom stereocenters. The van der Waals surface area contributed by atoms with Crippen LogP contribution in [0.1, 0.15) is 22.8 Å². The summed E-state index contributed by atoms with van der Waals surface area (Å²) < 4.78 is 0. The van der Waals surface area contributed by atoms with Crippen LogP contribution in [0.15, 0.2) is 42.5 Å². The molecular weight excluding hydrogens is 316 g/mol. The fourth-order valence-corrected chi connectivity index (χ4v) is 2.07. The number of carbonyl (C=O) groups excluding carboxylic acids is 3. The standard InChI is InChI=1S/C17H15ClN2O3/c1-10-14(18)4-3-5-15(10)20-17(23)16(22)19-13-8-6-12(7-9-13)11(2)21/h3-9H,1-2H3,(H,19,22)(H,20,23). The molecule has 0 spiro atoms. The quantitative estimate of drug-likeness (QED) is 0.668. The zero-order valence-electron chi connectivity index (χ0n) is 12.6. The lowest BCUT2D eigenvalue weighted by molar-refractivity contribution is -0.133. The molecule has 0 saturated heterocycles. The maximum Gasteiger partial charge on any atom is 0.314 e. The number of carbonyl (C=O) groups is 3. The van der Waals surface area contributed by atoms with Crippen molar-refractivity contribution in [1.82, 2.24) is 0 Å². The second-order valence-corrected chi connectivity index (χ2v) is 5.36. The number of nitrogens with one attached hydrogen (secondary N) is 2. The number of ketones is 1. The summed E-state index contributed by atoms with van der Waals surface area (Å²) in [5.74, 6) is -1.68. The van der Waals surface area contributed by atoms with Gasteiger partial charge in [-0.25, -0.2) is 0 Å².